The van der Waals surface area contributed by atoms with Gasteiger partial charge >= 0.3 is 7.82 Å². The van der Waals surface area contributed by atoms with Crippen molar-refractivity contribution >= 4 is 43.3 Å². The van der Waals surface area contributed by atoms with Crippen LogP contribution in [-0.2, 0) is 60.0 Å². The minimum atomic E-state index is -4.68. The number of phosphoric ester groups is 1. The summed E-state index contributed by atoms with van der Waals surface area (Å²) in [5.41, 5.74) is 7.13. The molecule has 3 rings (SSSR count). The predicted molar refractivity (Wildman–Crippen MR) is 231 cm³/mol. The van der Waals surface area contributed by atoms with Crippen LogP contribution >= 0.6 is 7.82 Å². The number of aryl methyl sites for hydroxylation is 1. The number of amides is 6. The number of primary amides is 1. The van der Waals surface area contributed by atoms with Crippen LogP contribution < -0.4 is 27.0 Å². The summed E-state index contributed by atoms with van der Waals surface area (Å²) in [4.78, 5) is 98.4. The summed E-state index contributed by atoms with van der Waals surface area (Å²) in [6.45, 7) is 7.87. The summed E-state index contributed by atoms with van der Waals surface area (Å²) in [6, 6.07) is 3.24. The molecule has 0 radical (unpaired) electrons. The second-order valence-electron chi connectivity index (χ2n) is 16.2. The Kier molecular flexibility index (Phi) is 22.4. The monoisotopic (exact) mass is 906 g/mol. The van der Waals surface area contributed by atoms with Gasteiger partial charge in [0.15, 0.2) is 0 Å². The second kappa shape index (κ2) is 26.8. The van der Waals surface area contributed by atoms with Gasteiger partial charge in [0, 0.05) is 44.8 Å². The van der Waals surface area contributed by atoms with E-state index in [1.54, 1.807) is 0 Å². The van der Waals surface area contributed by atoms with Crippen molar-refractivity contribution < 1.29 is 57.1 Å². The van der Waals surface area contributed by atoms with E-state index >= 15 is 0 Å². The van der Waals surface area contributed by atoms with Gasteiger partial charge in [0.05, 0.1) is 31.7 Å². The first-order valence-corrected chi connectivity index (χ1v) is 23.1. The lowest BCUT2D eigenvalue weighted by Crippen LogP contribution is -2.61. The lowest BCUT2D eigenvalue weighted by molar-refractivity contribution is -0.139. The predicted octanol–water partition coefficient (Wildman–Crippen LogP) is 1.55. The van der Waals surface area contributed by atoms with Gasteiger partial charge in [0.1, 0.15) is 30.2 Å². The van der Waals surface area contributed by atoms with E-state index in [0.29, 0.717) is 18.7 Å². The van der Waals surface area contributed by atoms with Crippen LogP contribution in [0, 0.1) is 5.92 Å². The van der Waals surface area contributed by atoms with Crippen molar-refractivity contribution in [1.82, 2.24) is 36.1 Å². The molecule has 1 aromatic heterocycles. The molecule has 8 atom stereocenters. The van der Waals surface area contributed by atoms with Gasteiger partial charge in [-0.25, -0.2) is 9.55 Å². The SMILES string of the molecule is CCCCCCOP(=O)(O)OC(C)C(NC(=O)[C@H](CO)NC(=O)[C@H](Cc1cnc[nH]1)NC(=O)[C@H](CC(C)C)NC(=O)[C@@H]1CC(OCCCCc2ccccc2)CN1C(C)=O)C(N)=O. The highest BCUT2D eigenvalue weighted by atomic mass is 31.2. The number of aliphatic hydroxyl groups is 1. The zero-order valence-corrected chi connectivity index (χ0v) is 37.9. The Morgan fingerprint density at radius 2 is 1.59 bits per heavy atom. The molecule has 2 aromatic rings. The number of aliphatic hydroxyl groups excluding tert-OH is 1. The zero-order valence-electron chi connectivity index (χ0n) is 37.0. The van der Waals surface area contributed by atoms with E-state index in [4.69, 9.17) is 19.5 Å². The molecule has 0 saturated carbocycles. The molecule has 0 aliphatic carbocycles. The van der Waals surface area contributed by atoms with Gasteiger partial charge in [-0.1, -0.05) is 70.4 Å². The lowest BCUT2D eigenvalue weighted by atomic mass is 10.0. The first-order valence-electron chi connectivity index (χ1n) is 21.6. The summed E-state index contributed by atoms with van der Waals surface area (Å²) < 4.78 is 28.7. The standard InChI is InChI=1S/C42H67N8O12P/c1-6-7-8-13-19-61-63(58,59)62-28(4)37(38(43)53)49-41(56)35(25-51)48-40(55)34(21-31-23-44-26-45-31)46-39(54)33(20-27(2)3)47-42(57)36-22-32(24-50(36)29(5)52)60-18-14-12-17-30-15-10-9-11-16-30/h9-11,15-16,23,26-28,32-37,51H,6-8,12-14,17-22,24-25H2,1-5H3,(H2,43,53)(H,44,45)(H,46,54)(H,47,57)(H,48,55)(H,49,56)(H,58,59)/t28?,32?,33-,34-,35-,36-,37?/m0/s1. The Hall–Kier alpha value is -4.72. The van der Waals surface area contributed by atoms with E-state index in [2.05, 4.69) is 43.4 Å². The average molecular weight is 907 g/mol. The Morgan fingerprint density at radius 3 is 2.21 bits per heavy atom. The number of aromatic amines is 1. The number of rotatable bonds is 29. The Labute approximate surface area is 369 Å². The number of hydrogen-bond donors (Lipinski definition) is 8. The van der Waals surface area contributed by atoms with Crippen LogP contribution in [0.25, 0.3) is 0 Å². The molecule has 1 saturated heterocycles. The van der Waals surface area contributed by atoms with E-state index in [9.17, 15) is 43.3 Å². The van der Waals surface area contributed by atoms with Gasteiger partial charge in [-0.3, -0.25) is 37.8 Å². The number of hydrogen-bond acceptors (Lipinski definition) is 12. The summed E-state index contributed by atoms with van der Waals surface area (Å²) in [5, 5.41) is 20.2. The number of unbranched alkanes of at least 4 members (excludes halogenated alkanes) is 4. The maximum absolute atomic E-state index is 14.0. The molecule has 352 valence electrons. The third kappa shape index (κ3) is 18.5. The number of H-pyrrole nitrogens is 1. The fourth-order valence-electron chi connectivity index (χ4n) is 7.06. The molecular weight excluding hydrogens is 839 g/mol. The zero-order chi connectivity index (χ0) is 46.5. The lowest BCUT2D eigenvalue weighted by Gasteiger charge is -2.28. The maximum atomic E-state index is 14.0. The Morgan fingerprint density at radius 1 is 0.921 bits per heavy atom. The molecule has 6 amide bonds. The topological polar surface area (TPSA) is 294 Å². The van der Waals surface area contributed by atoms with Gasteiger partial charge in [0.2, 0.25) is 35.4 Å². The number of benzene rings is 1. The molecule has 21 heteroatoms. The molecule has 1 aliphatic heterocycles. The summed E-state index contributed by atoms with van der Waals surface area (Å²) in [5.74, 6) is -4.91. The molecule has 4 unspecified atom stereocenters. The van der Waals surface area contributed by atoms with Crippen molar-refractivity contribution in [3.8, 4) is 0 Å². The van der Waals surface area contributed by atoms with Crippen LogP contribution in [0.2, 0.25) is 0 Å². The van der Waals surface area contributed by atoms with E-state index < -0.39 is 80.3 Å². The van der Waals surface area contributed by atoms with Crippen LogP contribution in [0.15, 0.2) is 42.9 Å². The van der Waals surface area contributed by atoms with Crippen LogP contribution in [0.1, 0.15) is 97.2 Å². The summed E-state index contributed by atoms with van der Waals surface area (Å²) >= 11 is 0. The van der Waals surface area contributed by atoms with Crippen molar-refractivity contribution in [1.29, 1.82) is 0 Å². The van der Waals surface area contributed by atoms with Crippen molar-refractivity contribution in [2.75, 3.05) is 26.4 Å². The maximum Gasteiger partial charge on any atom is 0.472 e. The number of phosphoric acid groups is 1. The van der Waals surface area contributed by atoms with Crippen LogP contribution in [0.5, 0.6) is 0 Å². The first-order chi connectivity index (χ1) is 29.9. The highest BCUT2D eigenvalue weighted by Crippen LogP contribution is 2.45. The van der Waals surface area contributed by atoms with Gasteiger partial charge in [-0.15, -0.1) is 0 Å². The van der Waals surface area contributed by atoms with Gasteiger partial charge < -0.3 is 51.6 Å². The molecular formula is C42H67N8O12P. The van der Waals surface area contributed by atoms with Gasteiger partial charge in [-0.05, 0) is 50.5 Å². The number of carbonyl (C=O) groups is 6. The minimum Gasteiger partial charge on any atom is -0.394 e. The van der Waals surface area contributed by atoms with Crippen LogP contribution in [-0.4, -0.2) is 129 Å². The first kappa shape index (κ1) is 52.6. The molecule has 1 fully saturated rings. The second-order valence-corrected chi connectivity index (χ2v) is 17.6. The summed E-state index contributed by atoms with van der Waals surface area (Å²) in [7, 11) is -4.68. The third-order valence-corrected chi connectivity index (χ3v) is 11.5. The van der Waals surface area contributed by atoms with Crippen LogP contribution in [0.3, 0.4) is 0 Å². The Bertz CT molecular complexity index is 1800. The van der Waals surface area contributed by atoms with E-state index in [0.717, 1.165) is 38.5 Å². The molecule has 63 heavy (non-hydrogen) atoms. The average Bonchev–Trinajstić information content (AvgIpc) is 3.91. The fraction of sp³-hybridized carbons (Fsp3) is 0.643. The number of imidazole rings is 1. The highest BCUT2D eigenvalue weighted by Gasteiger charge is 2.41. The molecule has 1 aliphatic rings. The molecule has 0 bridgehead atoms. The molecule has 9 N–H and O–H groups in total. The van der Waals surface area contributed by atoms with Crippen LogP contribution in [0.4, 0.5) is 0 Å². The molecule has 1 aromatic carbocycles. The van der Waals surface area contributed by atoms with E-state index in [1.165, 1.54) is 36.8 Å². The molecule has 0 spiro atoms. The minimum absolute atomic E-state index is 0.0845. The van der Waals surface area contributed by atoms with E-state index in [-0.39, 0.29) is 50.3 Å². The number of carbonyl (C=O) groups excluding carboxylic acids is 6. The van der Waals surface area contributed by atoms with E-state index in [1.807, 2.05) is 39.0 Å². The Balaban J connectivity index is 1.67. The number of nitrogens with two attached hydrogens (primary N) is 1. The summed E-state index contributed by atoms with van der Waals surface area (Å²) in [6.07, 6.45) is 6.83. The van der Waals surface area contributed by atoms with Gasteiger partial charge in [-0.2, -0.15) is 0 Å². The quantitative estimate of drug-likeness (QED) is 0.0425. The number of ether oxygens (including phenoxy) is 1. The van der Waals surface area contributed by atoms with Crippen molar-refractivity contribution in [3.63, 3.8) is 0 Å². The fourth-order valence-corrected chi connectivity index (χ4v) is 8.02. The normalized spacial score (nSPS) is 18.4. The third-order valence-electron chi connectivity index (χ3n) is 10.4. The van der Waals surface area contributed by atoms with Crippen molar-refractivity contribution in [2.45, 2.75) is 141 Å². The number of nitrogens with one attached hydrogen (secondary N) is 5. The largest absolute Gasteiger partial charge is 0.472 e. The number of aromatic nitrogens is 2. The number of likely N-dealkylation sites (tertiary alicyclic amines) is 1. The molecule has 20 nitrogen and oxygen atoms in total. The molecule has 2 heterocycles. The van der Waals surface area contributed by atoms with Gasteiger partial charge in [0.25, 0.3) is 0 Å². The highest BCUT2D eigenvalue weighted by molar-refractivity contribution is 7.47. The van der Waals surface area contributed by atoms with Crippen molar-refractivity contribution in [3.05, 3.63) is 54.1 Å². The number of nitrogens with zero attached hydrogens (tertiary/aromatic N) is 2. The van der Waals surface area contributed by atoms with Crippen molar-refractivity contribution in [2.24, 2.45) is 11.7 Å². The smallest absolute Gasteiger partial charge is 0.394 e.